The Morgan fingerprint density at radius 2 is 1.94 bits per heavy atom. The van der Waals surface area contributed by atoms with Crippen LogP contribution in [0.1, 0.15) is 24.3 Å². The first kappa shape index (κ1) is 12.5. The number of aromatic nitrogens is 1. The summed E-state index contributed by atoms with van der Waals surface area (Å²) in [5.41, 5.74) is 0.383. The highest BCUT2D eigenvalue weighted by Crippen LogP contribution is 2.25. The predicted molar refractivity (Wildman–Crippen MR) is 60.0 cm³/mol. The molecule has 6 nitrogen and oxygen atoms in total. The van der Waals surface area contributed by atoms with Crippen molar-refractivity contribution in [2.75, 3.05) is 13.1 Å². The molecule has 0 bridgehead atoms. The number of sulfonamides is 1. The Bertz CT molecular complexity index is 481. The summed E-state index contributed by atoms with van der Waals surface area (Å²) in [4.78, 5) is 0.161. The van der Waals surface area contributed by atoms with Crippen LogP contribution in [0, 0.1) is 13.8 Å². The molecule has 1 N–H and O–H groups in total. The average molecular weight is 260 g/mol. The van der Waals surface area contributed by atoms with Crippen molar-refractivity contribution in [1.29, 1.82) is 0 Å². The van der Waals surface area contributed by atoms with Crippen LogP contribution in [0.5, 0.6) is 0 Å². The predicted octanol–water partition coefficient (Wildman–Crippen LogP) is 0.437. The van der Waals surface area contributed by atoms with Gasteiger partial charge in [-0.2, -0.15) is 4.31 Å². The topological polar surface area (TPSA) is 83.6 Å². The molecule has 0 unspecified atom stereocenters. The first-order valence-electron chi connectivity index (χ1n) is 5.54. The Morgan fingerprint density at radius 3 is 2.41 bits per heavy atom. The number of aliphatic hydroxyl groups is 1. The number of nitrogens with zero attached hydrogens (tertiary/aromatic N) is 2. The van der Waals surface area contributed by atoms with E-state index in [9.17, 15) is 13.5 Å². The zero-order valence-corrected chi connectivity index (χ0v) is 10.7. The van der Waals surface area contributed by atoms with Crippen LogP contribution in [0.25, 0.3) is 0 Å². The molecule has 1 aliphatic heterocycles. The summed E-state index contributed by atoms with van der Waals surface area (Å²) >= 11 is 0. The van der Waals surface area contributed by atoms with Gasteiger partial charge in [0.25, 0.3) is 0 Å². The normalized spacial score (nSPS) is 19.7. The van der Waals surface area contributed by atoms with E-state index in [2.05, 4.69) is 5.16 Å². The summed E-state index contributed by atoms with van der Waals surface area (Å²) in [5.74, 6) is 0.314. The Balaban J connectivity index is 2.31. The number of rotatable bonds is 2. The molecule has 0 aromatic carbocycles. The molecule has 1 fully saturated rings. The summed E-state index contributed by atoms with van der Waals surface area (Å²) < 4.78 is 31.0. The maximum absolute atomic E-state index is 12.3. The second-order valence-electron chi connectivity index (χ2n) is 4.29. The molecular formula is C10H16N2O4S. The highest BCUT2D eigenvalue weighted by Gasteiger charge is 2.33. The maximum Gasteiger partial charge on any atom is 0.248 e. The van der Waals surface area contributed by atoms with E-state index in [0.717, 1.165) is 0 Å². The van der Waals surface area contributed by atoms with Gasteiger partial charge in [0.2, 0.25) is 10.0 Å². The molecule has 1 aliphatic rings. The molecular weight excluding hydrogens is 244 g/mol. The molecule has 7 heteroatoms. The van der Waals surface area contributed by atoms with E-state index in [0.29, 0.717) is 37.4 Å². The average Bonchev–Trinajstić information content (AvgIpc) is 2.59. The minimum absolute atomic E-state index is 0.161. The largest absolute Gasteiger partial charge is 0.393 e. The van der Waals surface area contributed by atoms with Gasteiger partial charge < -0.3 is 9.63 Å². The fourth-order valence-corrected chi connectivity index (χ4v) is 3.82. The summed E-state index contributed by atoms with van der Waals surface area (Å²) in [7, 11) is -3.54. The van der Waals surface area contributed by atoms with E-state index in [1.807, 2.05) is 0 Å². The van der Waals surface area contributed by atoms with Crippen LogP contribution in [0.2, 0.25) is 0 Å². The maximum atomic E-state index is 12.3. The van der Waals surface area contributed by atoms with Gasteiger partial charge in [0, 0.05) is 13.1 Å². The van der Waals surface area contributed by atoms with Crippen LogP contribution in [0.15, 0.2) is 9.42 Å². The van der Waals surface area contributed by atoms with Crippen LogP contribution in [-0.4, -0.2) is 42.2 Å². The Kier molecular flexibility index (Phi) is 3.24. The smallest absolute Gasteiger partial charge is 0.248 e. The monoisotopic (exact) mass is 260 g/mol. The second kappa shape index (κ2) is 4.40. The van der Waals surface area contributed by atoms with Crippen molar-refractivity contribution in [1.82, 2.24) is 9.46 Å². The molecule has 0 radical (unpaired) electrons. The fourth-order valence-electron chi connectivity index (χ4n) is 2.05. The molecule has 1 aromatic rings. The first-order valence-corrected chi connectivity index (χ1v) is 6.98. The van der Waals surface area contributed by atoms with Gasteiger partial charge in [-0.05, 0) is 26.7 Å². The van der Waals surface area contributed by atoms with E-state index < -0.39 is 16.1 Å². The van der Waals surface area contributed by atoms with E-state index >= 15 is 0 Å². The summed E-state index contributed by atoms with van der Waals surface area (Å²) in [6.07, 6.45) is 0.553. The molecule has 1 aromatic heterocycles. The summed E-state index contributed by atoms with van der Waals surface area (Å²) in [5, 5.41) is 13.0. The molecule has 0 saturated carbocycles. The van der Waals surface area contributed by atoms with Gasteiger partial charge in [0.1, 0.15) is 10.6 Å². The van der Waals surface area contributed by atoms with Crippen molar-refractivity contribution in [3.8, 4) is 0 Å². The minimum atomic E-state index is -3.54. The van der Waals surface area contributed by atoms with Crippen molar-refractivity contribution in [3.63, 3.8) is 0 Å². The standard InChI is InChI=1S/C10H16N2O4S/c1-7-10(8(2)16-11-7)17(14,15)12-5-3-9(13)4-6-12/h9,13H,3-6H2,1-2H3. The van der Waals surface area contributed by atoms with Crippen molar-refractivity contribution in [2.45, 2.75) is 37.7 Å². The lowest BCUT2D eigenvalue weighted by molar-refractivity contribution is 0.113. The quantitative estimate of drug-likeness (QED) is 0.834. The first-order chi connectivity index (χ1) is 7.93. The zero-order valence-electron chi connectivity index (χ0n) is 9.88. The molecule has 0 atom stereocenters. The van der Waals surface area contributed by atoms with Gasteiger partial charge in [0.05, 0.1) is 6.10 Å². The zero-order chi connectivity index (χ0) is 12.6. The molecule has 0 aliphatic carbocycles. The van der Waals surface area contributed by atoms with Crippen LogP contribution in [0.4, 0.5) is 0 Å². The van der Waals surface area contributed by atoms with Crippen molar-refractivity contribution in [2.24, 2.45) is 0 Å². The highest BCUT2D eigenvalue weighted by atomic mass is 32.2. The molecule has 2 rings (SSSR count). The van der Waals surface area contributed by atoms with Crippen molar-refractivity contribution < 1.29 is 18.0 Å². The lowest BCUT2D eigenvalue weighted by atomic mass is 10.1. The number of hydrogen-bond donors (Lipinski definition) is 1. The fraction of sp³-hybridized carbons (Fsp3) is 0.700. The molecule has 1 saturated heterocycles. The van der Waals surface area contributed by atoms with Gasteiger partial charge in [-0.3, -0.25) is 0 Å². The van der Waals surface area contributed by atoms with E-state index in [-0.39, 0.29) is 4.90 Å². The lowest BCUT2D eigenvalue weighted by Gasteiger charge is -2.28. The van der Waals surface area contributed by atoms with E-state index in [4.69, 9.17) is 4.52 Å². The SMILES string of the molecule is Cc1noc(C)c1S(=O)(=O)N1CCC(O)CC1. The third-order valence-electron chi connectivity index (χ3n) is 2.99. The minimum Gasteiger partial charge on any atom is -0.393 e. The molecule has 0 amide bonds. The molecule has 0 spiro atoms. The van der Waals surface area contributed by atoms with Crippen LogP contribution < -0.4 is 0 Å². The third kappa shape index (κ3) is 2.22. The Morgan fingerprint density at radius 1 is 1.35 bits per heavy atom. The Labute approximate surface area is 100 Å². The van der Waals surface area contributed by atoms with Gasteiger partial charge >= 0.3 is 0 Å². The van der Waals surface area contributed by atoms with Crippen LogP contribution >= 0.6 is 0 Å². The summed E-state index contributed by atoms with van der Waals surface area (Å²) in [6, 6.07) is 0. The van der Waals surface area contributed by atoms with Crippen LogP contribution in [0.3, 0.4) is 0 Å². The number of aliphatic hydroxyl groups excluding tert-OH is 1. The summed E-state index contributed by atoms with van der Waals surface area (Å²) in [6.45, 7) is 3.88. The van der Waals surface area contributed by atoms with Crippen LogP contribution in [-0.2, 0) is 10.0 Å². The van der Waals surface area contributed by atoms with Crippen molar-refractivity contribution >= 4 is 10.0 Å². The van der Waals surface area contributed by atoms with Gasteiger partial charge in [-0.15, -0.1) is 0 Å². The Hall–Kier alpha value is -0.920. The lowest BCUT2D eigenvalue weighted by Crippen LogP contribution is -2.40. The molecule has 2 heterocycles. The third-order valence-corrected chi connectivity index (χ3v) is 5.13. The number of piperidine rings is 1. The van der Waals surface area contributed by atoms with Gasteiger partial charge in [-0.1, -0.05) is 5.16 Å². The van der Waals surface area contributed by atoms with Crippen molar-refractivity contribution in [3.05, 3.63) is 11.5 Å². The second-order valence-corrected chi connectivity index (χ2v) is 6.16. The van der Waals surface area contributed by atoms with Gasteiger partial charge in [-0.25, -0.2) is 8.42 Å². The molecule has 96 valence electrons. The van der Waals surface area contributed by atoms with E-state index in [1.165, 1.54) is 4.31 Å². The van der Waals surface area contributed by atoms with E-state index in [1.54, 1.807) is 13.8 Å². The molecule has 17 heavy (non-hydrogen) atoms. The number of aryl methyl sites for hydroxylation is 2. The number of hydrogen-bond acceptors (Lipinski definition) is 5. The highest BCUT2D eigenvalue weighted by molar-refractivity contribution is 7.89. The van der Waals surface area contributed by atoms with Gasteiger partial charge in [0.15, 0.2) is 5.76 Å².